The van der Waals surface area contributed by atoms with Crippen molar-refractivity contribution in [2.75, 3.05) is 6.61 Å². The van der Waals surface area contributed by atoms with Gasteiger partial charge in [0.05, 0.1) is 13.2 Å². The molecular formula is C17H22N2O2. The van der Waals surface area contributed by atoms with Crippen molar-refractivity contribution in [3.8, 4) is 0 Å². The number of ether oxygens (including phenoxy) is 1. The highest BCUT2D eigenvalue weighted by Gasteiger charge is 2.23. The summed E-state index contributed by atoms with van der Waals surface area (Å²) in [5.41, 5.74) is 2.46. The molecule has 0 bridgehead atoms. The zero-order valence-corrected chi connectivity index (χ0v) is 13.1. The van der Waals surface area contributed by atoms with Crippen LogP contribution in [0.1, 0.15) is 49.4 Å². The number of hydrogen-bond acceptors (Lipinski definition) is 3. The molecule has 2 aromatic rings. The smallest absolute Gasteiger partial charge is 0.358 e. The van der Waals surface area contributed by atoms with Gasteiger partial charge in [-0.1, -0.05) is 51.1 Å². The topological polar surface area (TPSA) is 44.1 Å². The first kappa shape index (κ1) is 15.3. The number of hydrogen-bond donors (Lipinski definition) is 0. The van der Waals surface area contributed by atoms with E-state index >= 15 is 0 Å². The second-order valence-electron chi connectivity index (χ2n) is 6.03. The Labute approximate surface area is 125 Å². The average Bonchev–Trinajstić information content (AvgIpc) is 2.84. The minimum Gasteiger partial charge on any atom is -0.461 e. The van der Waals surface area contributed by atoms with Gasteiger partial charge in [-0.2, -0.15) is 5.10 Å². The second kappa shape index (κ2) is 6.12. The molecule has 0 saturated carbocycles. The third-order valence-electron chi connectivity index (χ3n) is 3.21. The number of rotatable bonds is 4. The van der Waals surface area contributed by atoms with E-state index in [4.69, 9.17) is 4.74 Å². The summed E-state index contributed by atoms with van der Waals surface area (Å²) in [4.78, 5) is 11.9. The molecule has 0 aliphatic rings. The van der Waals surface area contributed by atoms with Crippen LogP contribution < -0.4 is 0 Å². The summed E-state index contributed by atoms with van der Waals surface area (Å²) in [7, 11) is 0. The molecule has 0 amide bonds. The van der Waals surface area contributed by atoms with Gasteiger partial charge in [-0.3, -0.25) is 4.68 Å². The third kappa shape index (κ3) is 3.72. The van der Waals surface area contributed by atoms with Crippen molar-refractivity contribution in [2.45, 2.75) is 39.7 Å². The predicted molar refractivity (Wildman–Crippen MR) is 82.4 cm³/mol. The Bertz CT molecular complexity index is 609. The number of aromatic nitrogens is 2. The van der Waals surface area contributed by atoms with Crippen molar-refractivity contribution in [1.29, 1.82) is 0 Å². The van der Waals surface area contributed by atoms with Gasteiger partial charge >= 0.3 is 5.97 Å². The van der Waals surface area contributed by atoms with Crippen LogP contribution in [0.5, 0.6) is 0 Å². The maximum absolute atomic E-state index is 11.9. The largest absolute Gasteiger partial charge is 0.461 e. The van der Waals surface area contributed by atoms with Crippen LogP contribution in [0, 0.1) is 0 Å². The summed E-state index contributed by atoms with van der Waals surface area (Å²) in [6.45, 7) is 9.13. The van der Waals surface area contributed by atoms with E-state index in [0.29, 0.717) is 18.8 Å². The van der Waals surface area contributed by atoms with Crippen molar-refractivity contribution in [1.82, 2.24) is 9.78 Å². The molecule has 0 saturated heterocycles. The van der Waals surface area contributed by atoms with Gasteiger partial charge in [0.1, 0.15) is 0 Å². The lowest BCUT2D eigenvalue weighted by atomic mass is 9.91. The standard InChI is InChI=1S/C17H22N2O2/c1-5-21-16(20)14-11-15(17(2,3)4)19(18-14)12-13-9-7-6-8-10-13/h6-11H,5,12H2,1-4H3. The quantitative estimate of drug-likeness (QED) is 0.809. The second-order valence-corrected chi connectivity index (χ2v) is 6.03. The molecular weight excluding hydrogens is 264 g/mol. The minimum absolute atomic E-state index is 0.0907. The lowest BCUT2D eigenvalue weighted by molar-refractivity contribution is 0.0518. The normalized spacial score (nSPS) is 11.4. The Morgan fingerprint density at radius 2 is 1.90 bits per heavy atom. The van der Waals surface area contributed by atoms with Crippen molar-refractivity contribution >= 4 is 5.97 Å². The molecule has 112 valence electrons. The maximum atomic E-state index is 11.9. The molecule has 21 heavy (non-hydrogen) atoms. The van der Waals surface area contributed by atoms with Gasteiger partial charge in [-0.15, -0.1) is 0 Å². The van der Waals surface area contributed by atoms with Gasteiger partial charge in [0, 0.05) is 11.1 Å². The lowest BCUT2D eigenvalue weighted by Crippen LogP contribution is -2.18. The fraction of sp³-hybridized carbons (Fsp3) is 0.412. The van der Waals surface area contributed by atoms with Gasteiger partial charge in [0.15, 0.2) is 5.69 Å². The molecule has 1 aromatic heterocycles. The highest BCUT2D eigenvalue weighted by atomic mass is 16.5. The van der Waals surface area contributed by atoms with Crippen molar-refractivity contribution in [3.63, 3.8) is 0 Å². The van der Waals surface area contributed by atoms with Crippen LogP contribution in [0.4, 0.5) is 0 Å². The summed E-state index contributed by atoms with van der Waals surface area (Å²) in [5, 5.41) is 4.43. The first-order valence-corrected chi connectivity index (χ1v) is 7.21. The van der Waals surface area contributed by atoms with E-state index in [0.717, 1.165) is 11.3 Å². The molecule has 4 heteroatoms. The van der Waals surface area contributed by atoms with E-state index in [-0.39, 0.29) is 11.4 Å². The van der Waals surface area contributed by atoms with E-state index in [1.54, 1.807) is 6.92 Å². The van der Waals surface area contributed by atoms with Crippen LogP contribution in [-0.4, -0.2) is 22.4 Å². The highest BCUT2D eigenvalue weighted by molar-refractivity contribution is 5.87. The van der Waals surface area contributed by atoms with Crippen molar-refractivity contribution < 1.29 is 9.53 Å². The predicted octanol–water partition coefficient (Wildman–Crippen LogP) is 3.41. The lowest BCUT2D eigenvalue weighted by Gasteiger charge is -2.20. The zero-order valence-electron chi connectivity index (χ0n) is 13.1. The summed E-state index contributed by atoms with van der Waals surface area (Å²) < 4.78 is 6.93. The molecule has 0 radical (unpaired) electrons. The van der Waals surface area contributed by atoms with Crippen molar-refractivity contribution in [2.24, 2.45) is 0 Å². The van der Waals surface area contributed by atoms with Crippen LogP contribution >= 0.6 is 0 Å². The summed E-state index contributed by atoms with van der Waals surface area (Å²) in [6, 6.07) is 11.9. The van der Waals surface area contributed by atoms with Crippen LogP contribution in [0.2, 0.25) is 0 Å². The van der Waals surface area contributed by atoms with Gasteiger partial charge in [-0.05, 0) is 18.6 Å². The fourth-order valence-electron chi connectivity index (χ4n) is 2.20. The molecule has 0 aliphatic carbocycles. The molecule has 0 atom stereocenters. The molecule has 1 aromatic carbocycles. The summed E-state index contributed by atoms with van der Waals surface area (Å²) in [5.74, 6) is -0.366. The van der Waals surface area contributed by atoms with Gasteiger partial charge in [-0.25, -0.2) is 4.79 Å². The van der Waals surface area contributed by atoms with E-state index in [2.05, 4.69) is 38.0 Å². The van der Waals surface area contributed by atoms with Crippen LogP contribution in [-0.2, 0) is 16.7 Å². The Balaban J connectivity index is 2.36. The van der Waals surface area contributed by atoms with E-state index in [1.807, 2.05) is 28.9 Å². The van der Waals surface area contributed by atoms with Gasteiger partial charge in [0.2, 0.25) is 0 Å². The number of esters is 1. The maximum Gasteiger partial charge on any atom is 0.358 e. The first-order chi connectivity index (χ1) is 9.91. The van der Waals surface area contributed by atoms with Crippen LogP contribution in [0.3, 0.4) is 0 Å². The third-order valence-corrected chi connectivity index (χ3v) is 3.21. The molecule has 1 heterocycles. The SMILES string of the molecule is CCOC(=O)c1cc(C(C)(C)C)n(Cc2ccccc2)n1. The average molecular weight is 286 g/mol. The van der Waals surface area contributed by atoms with E-state index < -0.39 is 0 Å². The summed E-state index contributed by atoms with van der Waals surface area (Å²) >= 11 is 0. The Kier molecular flexibility index (Phi) is 4.46. The minimum atomic E-state index is -0.366. The molecule has 0 N–H and O–H groups in total. The number of carbonyl (C=O) groups is 1. The number of benzene rings is 1. The monoisotopic (exact) mass is 286 g/mol. The molecule has 4 nitrogen and oxygen atoms in total. The van der Waals surface area contributed by atoms with Gasteiger partial charge in [0.25, 0.3) is 0 Å². The Morgan fingerprint density at radius 3 is 2.48 bits per heavy atom. The Morgan fingerprint density at radius 1 is 1.24 bits per heavy atom. The zero-order chi connectivity index (χ0) is 15.5. The van der Waals surface area contributed by atoms with E-state index in [1.165, 1.54) is 0 Å². The summed E-state index contributed by atoms with van der Waals surface area (Å²) in [6.07, 6.45) is 0. The van der Waals surface area contributed by atoms with Crippen LogP contribution in [0.25, 0.3) is 0 Å². The Hall–Kier alpha value is -2.10. The van der Waals surface area contributed by atoms with Crippen molar-refractivity contribution in [3.05, 3.63) is 53.3 Å². The molecule has 0 spiro atoms. The number of nitrogens with zero attached hydrogens (tertiary/aromatic N) is 2. The van der Waals surface area contributed by atoms with Gasteiger partial charge < -0.3 is 4.74 Å². The molecule has 0 aliphatic heterocycles. The molecule has 0 unspecified atom stereocenters. The molecule has 2 rings (SSSR count). The fourth-order valence-corrected chi connectivity index (χ4v) is 2.20. The van der Waals surface area contributed by atoms with Crippen LogP contribution in [0.15, 0.2) is 36.4 Å². The highest BCUT2D eigenvalue weighted by Crippen LogP contribution is 2.24. The molecule has 0 fully saturated rings. The number of carbonyl (C=O) groups excluding carboxylic acids is 1. The first-order valence-electron chi connectivity index (χ1n) is 7.21. The van der Waals surface area contributed by atoms with E-state index in [9.17, 15) is 4.79 Å².